The van der Waals surface area contributed by atoms with Crippen molar-refractivity contribution in [2.45, 2.75) is 25.7 Å². The molecular formula is C15H18BrN3. The highest BCUT2D eigenvalue weighted by atomic mass is 79.9. The first-order valence-corrected chi connectivity index (χ1v) is 7.12. The first-order valence-electron chi connectivity index (χ1n) is 6.32. The van der Waals surface area contributed by atoms with E-state index in [1.54, 1.807) is 0 Å². The number of rotatable bonds is 4. The fourth-order valence-corrected chi connectivity index (χ4v) is 2.20. The highest BCUT2D eigenvalue weighted by molar-refractivity contribution is 9.10. The van der Waals surface area contributed by atoms with Gasteiger partial charge in [-0.15, -0.1) is 0 Å². The Balaban J connectivity index is 2.36. The summed E-state index contributed by atoms with van der Waals surface area (Å²) in [5, 5.41) is 0. The minimum atomic E-state index is -0.0971. The van der Waals surface area contributed by atoms with Crippen LogP contribution in [0.15, 0.2) is 41.0 Å². The summed E-state index contributed by atoms with van der Waals surface area (Å²) in [4.78, 5) is 9.08. The molecule has 1 heterocycles. The second-order valence-electron chi connectivity index (χ2n) is 5.19. The van der Waals surface area contributed by atoms with Crippen molar-refractivity contribution in [2.75, 3.05) is 6.54 Å². The molecule has 0 aliphatic rings. The maximum atomic E-state index is 5.66. The highest BCUT2D eigenvalue weighted by Gasteiger charge is 2.23. The zero-order valence-electron chi connectivity index (χ0n) is 11.2. The molecule has 2 aromatic rings. The lowest BCUT2D eigenvalue weighted by atomic mass is 9.88. The van der Waals surface area contributed by atoms with E-state index in [1.807, 2.05) is 36.5 Å². The second-order valence-corrected chi connectivity index (χ2v) is 6.11. The van der Waals surface area contributed by atoms with Gasteiger partial charge in [0.15, 0.2) is 0 Å². The van der Waals surface area contributed by atoms with Crippen LogP contribution in [-0.2, 0) is 5.41 Å². The molecule has 1 aromatic carbocycles. The molecule has 2 N–H and O–H groups in total. The van der Waals surface area contributed by atoms with E-state index in [2.05, 4.69) is 39.7 Å². The van der Waals surface area contributed by atoms with Crippen LogP contribution in [0.3, 0.4) is 0 Å². The van der Waals surface area contributed by atoms with Gasteiger partial charge in [-0.05, 0) is 31.2 Å². The summed E-state index contributed by atoms with van der Waals surface area (Å²) in [6.45, 7) is 4.89. The van der Waals surface area contributed by atoms with E-state index >= 15 is 0 Å². The van der Waals surface area contributed by atoms with Crippen molar-refractivity contribution in [1.29, 1.82) is 0 Å². The molecule has 0 unspecified atom stereocenters. The van der Waals surface area contributed by atoms with Gasteiger partial charge in [0.2, 0.25) is 0 Å². The summed E-state index contributed by atoms with van der Waals surface area (Å²) in [6.07, 6.45) is 2.69. The standard InChI is InChI=1S/C15H18BrN3/c1-15(2,8-9-17)14-18-10-7-13(19-14)11-3-5-12(16)6-4-11/h3-7,10H,8-9,17H2,1-2H3. The lowest BCUT2D eigenvalue weighted by Gasteiger charge is -2.22. The van der Waals surface area contributed by atoms with Crippen molar-refractivity contribution in [3.8, 4) is 11.3 Å². The molecule has 0 aliphatic heterocycles. The molecule has 0 saturated carbocycles. The fourth-order valence-electron chi connectivity index (χ4n) is 1.94. The third-order valence-electron chi connectivity index (χ3n) is 3.17. The second kappa shape index (κ2) is 5.80. The molecule has 4 heteroatoms. The molecule has 100 valence electrons. The first kappa shape index (κ1) is 14.2. The predicted octanol–water partition coefficient (Wildman–Crippen LogP) is 3.53. The minimum absolute atomic E-state index is 0.0971. The van der Waals surface area contributed by atoms with Gasteiger partial charge in [-0.25, -0.2) is 9.97 Å². The van der Waals surface area contributed by atoms with Crippen LogP contribution in [0.1, 0.15) is 26.1 Å². The van der Waals surface area contributed by atoms with E-state index in [9.17, 15) is 0 Å². The summed E-state index contributed by atoms with van der Waals surface area (Å²) >= 11 is 3.44. The van der Waals surface area contributed by atoms with Crippen LogP contribution in [0.2, 0.25) is 0 Å². The van der Waals surface area contributed by atoms with Gasteiger partial charge in [-0.2, -0.15) is 0 Å². The number of nitrogens with two attached hydrogens (primary N) is 1. The van der Waals surface area contributed by atoms with Crippen molar-refractivity contribution < 1.29 is 0 Å². The van der Waals surface area contributed by atoms with Gasteiger partial charge in [0.05, 0.1) is 5.69 Å². The van der Waals surface area contributed by atoms with Crippen LogP contribution in [0, 0.1) is 0 Å². The van der Waals surface area contributed by atoms with Crippen molar-refractivity contribution in [3.05, 3.63) is 46.8 Å². The number of benzene rings is 1. The Labute approximate surface area is 122 Å². The predicted molar refractivity (Wildman–Crippen MR) is 81.9 cm³/mol. The average Bonchev–Trinajstić information content (AvgIpc) is 2.40. The van der Waals surface area contributed by atoms with Gasteiger partial charge < -0.3 is 5.73 Å². The normalized spacial score (nSPS) is 11.6. The molecule has 0 fully saturated rings. The lowest BCUT2D eigenvalue weighted by molar-refractivity contribution is 0.457. The zero-order chi connectivity index (χ0) is 13.9. The molecule has 2 rings (SSSR count). The third-order valence-corrected chi connectivity index (χ3v) is 3.70. The van der Waals surface area contributed by atoms with E-state index in [0.717, 1.165) is 28.0 Å². The first-order chi connectivity index (χ1) is 9.03. The number of hydrogen-bond acceptors (Lipinski definition) is 3. The van der Waals surface area contributed by atoms with Crippen LogP contribution in [0.25, 0.3) is 11.3 Å². The van der Waals surface area contributed by atoms with E-state index in [0.29, 0.717) is 6.54 Å². The zero-order valence-corrected chi connectivity index (χ0v) is 12.8. The SMILES string of the molecule is CC(C)(CCN)c1nccc(-c2ccc(Br)cc2)n1. The molecule has 0 bridgehead atoms. The van der Waals surface area contributed by atoms with Gasteiger partial charge in [-0.3, -0.25) is 0 Å². The third kappa shape index (κ3) is 3.39. The van der Waals surface area contributed by atoms with Gasteiger partial charge >= 0.3 is 0 Å². The average molecular weight is 320 g/mol. The Bertz CT molecular complexity index is 550. The summed E-state index contributed by atoms with van der Waals surface area (Å²) in [5.74, 6) is 0.846. The highest BCUT2D eigenvalue weighted by Crippen LogP contribution is 2.26. The Morgan fingerprint density at radius 2 is 1.84 bits per heavy atom. The van der Waals surface area contributed by atoms with E-state index in [4.69, 9.17) is 5.73 Å². The van der Waals surface area contributed by atoms with Crippen molar-refractivity contribution in [1.82, 2.24) is 9.97 Å². The minimum Gasteiger partial charge on any atom is -0.330 e. The quantitative estimate of drug-likeness (QED) is 0.937. The van der Waals surface area contributed by atoms with Crippen LogP contribution in [0.5, 0.6) is 0 Å². The molecular weight excluding hydrogens is 302 g/mol. The molecule has 0 amide bonds. The smallest absolute Gasteiger partial charge is 0.134 e. The lowest BCUT2D eigenvalue weighted by Crippen LogP contribution is -2.24. The Hall–Kier alpha value is -1.26. The number of hydrogen-bond donors (Lipinski definition) is 1. The molecule has 0 spiro atoms. The summed E-state index contributed by atoms with van der Waals surface area (Å²) < 4.78 is 1.06. The molecule has 1 aromatic heterocycles. The van der Waals surface area contributed by atoms with E-state index in [1.165, 1.54) is 0 Å². The van der Waals surface area contributed by atoms with Gasteiger partial charge in [-0.1, -0.05) is 41.9 Å². The van der Waals surface area contributed by atoms with Gasteiger partial charge in [0.25, 0.3) is 0 Å². The van der Waals surface area contributed by atoms with Crippen LogP contribution >= 0.6 is 15.9 Å². The topological polar surface area (TPSA) is 51.8 Å². The summed E-state index contributed by atoms with van der Waals surface area (Å²) in [5.41, 5.74) is 7.60. The maximum absolute atomic E-state index is 5.66. The molecule has 0 atom stereocenters. The Morgan fingerprint density at radius 3 is 2.47 bits per heavy atom. The number of halogens is 1. The summed E-state index contributed by atoms with van der Waals surface area (Å²) in [6, 6.07) is 10.1. The van der Waals surface area contributed by atoms with Crippen molar-refractivity contribution >= 4 is 15.9 Å². The van der Waals surface area contributed by atoms with Gasteiger partial charge in [0.1, 0.15) is 5.82 Å². The van der Waals surface area contributed by atoms with E-state index < -0.39 is 0 Å². The van der Waals surface area contributed by atoms with Crippen LogP contribution in [-0.4, -0.2) is 16.5 Å². The fraction of sp³-hybridized carbons (Fsp3) is 0.333. The van der Waals surface area contributed by atoms with Crippen molar-refractivity contribution in [3.63, 3.8) is 0 Å². The molecule has 19 heavy (non-hydrogen) atoms. The van der Waals surface area contributed by atoms with Crippen LogP contribution in [0.4, 0.5) is 0 Å². The van der Waals surface area contributed by atoms with Gasteiger partial charge in [0, 0.05) is 21.6 Å². The molecule has 0 radical (unpaired) electrons. The molecule has 0 saturated heterocycles. The largest absolute Gasteiger partial charge is 0.330 e. The van der Waals surface area contributed by atoms with Crippen LogP contribution < -0.4 is 5.73 Å². The van der Waals surface area contributed by atoms with Crippen molar-refractivity contribution in [2.24, 2.45) is 5.73 Å². The Morgan fingerprint density at radius 1 is 1.16 bits per heavy atom. The molecule has 0 aliphatic carbocycles. The number of nitrogens with zero attached hydrogens (tertiary/aromatic N) is 2. The monoisotopic (exact) mass is 319 g/mol. The maximum Gasteiger partial charge on any atom is 0.134 e. The Kier molecular flexibility index (Phi) is 4.32. The summed E-state index contributed by atoms with van der Waals surface area (Å²) in [7, 11) is 0. The molecule has 3 nitrogen and oxygen atoms in total. The number of aromatic nitrogens is 2. The van der Waals surface area contributed by atoms with E-state index in [-0.39, 0.29) is 5.41 Å².